The molecule has 1 aromatic rings. The molecule has 2 rings (SSSR count). The van der Waals surface area contributed by atoms with Gasteiger partial charge in [0.25, 0.3) is 5.69 Å². The van der Waals surface area contributed by atoms with Gasteiger partial charge in [0.2, 0.25) is 5.91 Å². The standard InChI is InChI=1S/C12H16N4O3/c1-8-5-11(13-7-10(8)16(18)19)14-9-3-4-15(2)12(17)6-9/h5,7,9H,3-4,6H2,1-2H3,(H,13,14). The Balaban J connectivity index is 2.06. The molecule has 2 heterocycles. The second-order valence-electron chi connectivity index (χ2n) is 4.76. The summed E-state index contributed by atoms with van der Waals surface area (Å²) in [6.07, 6.45) is 2.52. The number of likely N-dealkylation sites (tertiary alicyclic amines) is 1. The van der Waals surface area contributed by atoms with Gasteiger partial charge in [-0.05, 0) is 19.4 Å². The number of nitro groups is 1. The normalized spacial score (nSPS) is 19.4. The van der Waals surface area contributed by atoms with Crippen LogP contribution in [0, 0.1) is 17.0 Å². The maximum Gasteiger partial charge on any atom is 0.290 e. The Hall–Kier alpha value is -2.18. The zero-order chi connectivity index (χ0) is 14.0. The molecular weight excluding hydrogens is 248 g/mol. The lowest BCUT2D eigenvalue weighted by molar-refractivity contribution is -0.385. The number of rotatable bonds is 3. The molecule has 0 saturated carbocycles. The first-order valence-electron chi connectivity index (χ1n) is 6.09. The Bertz CT molecular complexity index is 518. The van der Waals surface area contributed by atoms with Crippen molar-refractivity contribution in [1.82, 2.24) is 9.88 Å². The van der Waals surface area contributed by atoms with E-state index in [0.717, 1.165) is 6.42 Å². The minimum Gasteiger partial charge on any atom is -0.367 e. The average Bonchev–Trinajstić information content (AvgIpc) is 2.33. The number of amides is 1. The summed E-state index contributed by atoms with van der Waals surface area (Å²) in [6.45, 7) is 2.38. The van der Waals surface area contributed by atoms with Gasteiger partial charge < -0.3 is 10.2 Å². The van der Waals surface area contributed by atoms with E-state index in [1.807, 2.05) is 0 Å². The van der Waals surface area contributed by atoms with Crippen molar-refractivity contribution in [2.45, 2.75) is 25.8 Å². The SMILES string of the molecule is Cc1cc(NC2CCN(C)C(=O)C2)ncc1[N+](=O)[O-]. The van der Waals surface area contributed by atoms with Gasteiger partial charge in [-0.1, -0.05) is 0 Å². The van der Waals surface area contributed by atoms with Crippen molar-refractivity contribution in [3.63, 3.8) is 0 Å². The summed E-state index contributed by atoms with van der Waals surface area (Å²) >= 11 is 0. The third-order valence-electron chi connectivity index (χ3n) is 3.29. The molecule has 1 saturated heterocycles. The Morgan fingerprint density at radius 1 is 1.58 bits per heavy atom. The topological polar surface area (TPSA) is 88.4 Å². The van der Waals surface area contributed by atoms with Crippen LogP contribution in [0.2, 0.25) is 0 Å². The predicted octanol–water partition coefficient (Wildman–Crippen LogP) is 1.33. The fourth-order valence-electron chi connectivity index (χ4n) is 2.09. The molecule has 102 valence electrons. The molecule has 1 aliphatic heterocycles. The van der Waals surface area contributed by atoms with E-state index < -0.39 is 4.92 Å². The largest absolute Gasteiger partial charge is 0.367 e. The van der Waals surface area contributed by atoms with Crippen molar-refractivity contribution in [3.8, 4) is 0 Å². The Labute approximate surface area is 110 Å². The van der Waals surface area contributed by atoms with Gasteiger partial charge in [0.15, 0.2) is 0 Å². The summed E-state index contributed by atoms with van der Waals surface area (Å²) in [6, 6.07) is 1.68. The minimum absolute atomic E-state index is 0.00463. The van der Waals surface area contributed by atoms with Crippen molar-refractivity contribution in [3.05, 3.63) is 27.9 Å². The first-order valence-corrected chi connectivity index (χ1v) is 6.09. The van der Waals surface area contributed by atoms with Crippen LogP contribution in [0.3, 0.4) is 0 Å². The van der Waals surface area contributed by atoms with Crippen molar-refractivity contribution >= 4 is 17.4 Å². The van der Waals surface area contributed by atoms with E-state index in [9.17, 15) is 14.9 Å². The van der Waals surface area contributed by atoms with Crippen LogP contribution in [-0.4, -0.2) is 40.3 Å². The third-order valence-corrected chi connectivity index (χ3v) is 3.29. The summed E-state index contributed by atoms with van der Waals surface area (Å²) < 4.78 is 0. The van der Waals surface area contributed by atoms with E-state index in [1.165, 1.54) is 6.20 Å². The molecule has 1 unspecified atom stereocenters. The molecule has 1 amide bonds. The van der Waals surface area contributed by atoms with E-state index in [4.69, 9.17) is 0 Å². The molecule has 0 spiro atoms. The number of anilines is 1. The van der Waals surface area contributed by atoms with Gasteiger partial charge in [-0.15, -0.1) is 0 Å². The fraction of sp³-hybridized carbons (Fsp3) is 0.500. The summed E-state index contributed by atoms with van der Waals surface area (Å²) in [5.74, 6) is 0.674. The van der Waals surface area contributed by atoms with Crippen LogP contribution in [0.4, 0.5) is 11.5 Å². The molecule has 0 bridgehead atoms. The lowest BCUT2D eigenvalue weighted by Gasteiger charge is -2.29. The molecule has 0 aromatic carbocycles. The number of piperidine rings is 1. The van der Waals surface area contributed by atoms with Gasteiger partial charge in [-0.2, -0.15) is 0 Å². The highest BCUT2D eigenvalue weighted by atomic mass is 16.6. The monoisotopic (exact) mass is 264 g/mol. The molecule has 1 aliphatic rings. The van der Waals surface area contributed by atoms with Crippen LogP contribution in [0.15, 0.2) is 12.3 Å². The predicted molar refractivity (Wildman–Crippen MR) is 69.9 cm³/mol. The second-order valence-corrected chi connectivity index (χ2v) is 4.76. The molecule has 7 heteroatoms. The number of carbonyl (C=O) groups excluding carboxylic acids is 1. The van der Waals surface area contributed by atoms with Crippen molar-refractivity contribution in [1.29, 1.82) is 0 Å². The van der Waals surface area contributed by atoms with Crippen LogP contribution in [-0.2, 0) is 4.79 Å². The molecule has 1 atom stereocenters. The van der Waals surface area contributed by atoms with Crippen LogP contribution in [0.1, 0.15) is 18.4 Å². The van der Waals surface area contributed by atoms with Gasteiger partial charge in [0.05, 0.1) is 4.92 Å². The van der Waals surface area contributed by atoms with E-state index in [-0.39, 0.29) is 17.6 Å². The van der Waals surface area contributed by atoms with Gasteiger partial charge in [-0.3, -0.25) is 14.9 Å². The summed E-state index contributed by atoms with van der Waals surface area (Å²) in [4.78, 5) is 27.5. The van der Waals surface area contributed by atoms with Crippen molar-refractivity contribution < 1.29 is 9.72 Å². The van der Waals surface area contributed by atoms with E-state index in [1.54, 1.807) is 24.9 Å². The van der Waals surface area contributed by atoms with E-state index in [0.29, 0.717) is 24.3 Å². The first kappa shape index (κ1) is 13.3. The van der Waals surface area contributed by atoms with Crippen LogP contribution in [0.5, 0.6) is 0 Å². The molecular formula is C12H16N4O3. The zero-order valence-electron chi connectivity index (χ0n) is 10.9. The smallest absolute Gasteiger partial charge is 0.290 e. The lowest BCUT2D eigenvalue weighted by atomic mass is 10.0. The number of carbonyl (C=O) groups is 1. The molecule has 7 nitrogen and oxygen atoms in total. The van der Waals surface area contributed by atoms with Gasteiger partial charge in [0.1, 0.15) is 12.0 Å². The van der Waals surface area contributed by atoms with Gasteiger partial charge in [0, 0.05) is 31.6 Å². The van der Waals surface area contributed by atoms with Gasteiger partial charge >= 0.3 is 0 Å². The van der Waals surface area contributed by atoms with Crippen molar-refractivity contribution in [2.75, 3.05) is 18.9 Å². The maximum absolute atomic E-state index is 11.6. The van der Waals surface area contributed by atoms with Crippen molar-refractivity contribution in [2.24, 2.45) is 0 Å². The average molecular weight is 264 g/mol. The van der Waals surface area contributed by atoms with Crippen LogP contribution >= 0.6 is 0 Å². The number of aryl methyl sites for hydroxylation is 1. The lowest BCUT2D eigenvalue weighted by Crippen LogP contribution is -2.41. The quantitative estimate of drug-likeness (QED) is 0.657. The number of aromatic nitrogens is 1. The summed E-state index contributed by atoms with van der Waals surface area (Å²) in [5, 5.41) is 13.9. The third kappa shape index (κ3) is 2.98. The van der Waals surface area contributed by atoms with E-state index in [2.05, 4.69) is 10.3 Å². The number of nitrogens with zero attached hydrogens (tertiary/aromatic N) is 3. The molecule has 1 fully saturated rings. The van der Waals surface area contributed by atoms with E-state index >= 15 is 0 Å². The number of hydrogen-bond donors (Lipinski definition) is 1. The highest BCUT2D eigenvalue weighted by Gasteiger charge is 2.23. The molecule has 0 aliphatic carbocycles. The highest BCUT2D eigenvalue weighted by molar-refractivity contribution is 5.77. The molecule has 1 N–H and O–H groups in total. The fourth-order valence-corrected chi connectivity index (χ4v) is 2.09. The molecule has 19 heavy (non-hydrogen) atoms. The second kappa shape index (κ2) is 5.21. The maximum atomic E-state index is 11.6. The van der Waals surface area contributed by atoms with Crippen LogP contribution in [0.25, 0.3) is 0 Å². The molecule has 0 radical (unpaired) electrons. The number of nitrogens with one attached hydrogen (secondary N) is 1. The number of hydrogen-bond acceptors (Lipinski definition) is 5. The zero-order valence-corrected chi connectivity index (χ0v) is 10.9. The van der Waals surface area contributed by atoms with Gasteiger partial charge in [-0.25, -0.2) is 4.98 Å². The minimum atomic E-state index is -0.453. The molecule has 1 aromatic heterocycles. The Morgan fingerprint density at radius 3 is 2.89 bits per heavy atom. The first-order chi connectivity index (χ1) is 8.97. The Kier molecular flexibility index (Phi) is 3.64. The highest BCUT2D eigenvalue weighted by Crippen LogP contribution is 2.21. The summed E-state index contributed by atoms with van der Waals surface area (Å²) in [7, 11) is 1.78. The Morgan fingerprint density at radius 2 is 2.32 bits per heavy atom. The van der Waals surface area contributed by atoms with Crippen LogP contribution < -0.4 is 5.32 Å². The number of pyridine rings is 1. The summed E-state index contributed by atoms with van der Waals surface area (Å²) in [5.41, 5.74) is 0.562.